The number of quaternary nitrogens is 2. The fourth-order valence-electron chi connectivity index (χ4n) is 7.98. The van der Waals surface area contributed by atoms with Crippen LogP contribution < -0.4 is 0 Å². The number of hydrogen-bond donors (Lipinski definition) is 2. The first kappa shape index (κ1) is 24.7. The lowest BCUT2D eigenvalue weighted by Gasteiger charge is -2.55. The predicted molar refractivity (Wildman–Crippen MR) is 144 cm³/mol. The molecule has 0 unspecified atom stereocenters. The number of piperazine rings is 3. The molecule has 0 spiro atoms. The van der Waals surface area contributed by atoms with Gasteiger partial charge in [0.05, 0.1) is 24.6 Å². The van der Waals surface area contributed by atoms with Crippen molar-refractivity contribution in [3.05, 3.63) is 64.3 Å². The van der Waals surface area contributed by atoms with E-state index in [2.05, 4.69) is 19.1 Å². The van der Waals surface area contributed by atoms with Crippen LogP contribution in [-0.2, 0) is 16.1 Å². The zero-order chi connectivity index (χ0) is 27.3. The van der Waals surface area contributed by atoms with E-state index >= 15 is 0 Å². The lowest BCUT2D eigenvalue weighted by Crippen LogP contribution is -2.74. The lowest BCUT2D eigenvalue weighted by molar-refractivity contribution is -1.09. The number of aliphatic hydroxyl groups excluding tert-OH is 1. The molecule has 4 saturated heterocycles. The van der Waals surface area contributed by atoms with E-state index in [4.69, 9.17) is 0 Å². The Hall–Kier alpha value is -3.33. The van der Waals surface area contributed by atoms with Crippen LogP contribution in [0, 0.1) is 5.92 Å². The summed E-state index contributed by atoms with van der Waals surface area (Å²) in [6.07, 6.45) is -0.488. The van der Waals surface area contributed by atoms with Crippen LogP contribution in [0.15, 0.2) is 42.1 Å². The Bertz CT molecular complexity index is 1470. The number of rotatable bonds is 6. The first-order chi connectivity index (χ1) is 18.7. The zero-order valence-electron chi connectivity index (χ0n) is 22.5. The largest absolute Gasteiger partial charge is 0.477 e. The zero-order valence-corrected chi connectivity index (χ0v) is 22.5. The number of fused-ring (bicyclic) bond motifs is 7. The highest BCUT2D eigenvalue weighted by atomic mass is 16.4. The summed E-state index contributed by atoms with van der Waals surface area (Å²) < 4.78 is 2.40. The van der Waals surface area contributed by atoms with Crippen molar-refractivity contribution < 1.29 is 33.6 Å². The monoisotopic (exact) mass is 529 g/mol. The minimum absolute atomic E-state index is 0.0326. The number of benzene rings is 2. The van der Waals surface area contributed by atoms with Crippen molar-refractivity contribution >= 4 is 23.2 Å². The Balaban J connectivity index is 1.19. The Morgan fingerprint density at radius 1 is 0.949 bits per heavy atom. The van der Waals surface area contributed by atoms with Gasteiger partial charge in [0, 0.05) is 16.7 Å². The number of carbonyl (C=O) groups is 3. The number of likely N-dealkylation sites (N-methyl/N-ethyl adjacent to an activating group) is 1. The Labute approximate surface area is 227 Å². The van der Waals surface area contributed by atoms with Crippen molar-refractivity contribution in [2.45, 2.75) is 39.0 Å². The molecule has 1 amide bonds. The van der Waals surface area contributed by atoms with E-state index in [0.29, 0.717) is 28.7 Å². The van der Waals surface area contributed by atoms with Crippen LogP contribution in [0.25, 0.3) is 16.7 Å². The SMILES string of the molecule is CC[N+]12CC[N+](Cc3ccc4c(c3)-c3ccc(C5=C(C(=O)O)N6C(=O)[C@H]([C@@H](C)O)[C@H]6C5)cc3C4=O)(CC1)CC2. The summed E-state index contributed by atoms with van der Waals surface area (Å²) in [5.41, 5.74) is 5.54. The highest BCUT2D eigenvalue weighted by Gasteiger charge is 2.57. The van der Waals surface area contributed by atoms with Crippen LogP contribution in [0.1, 0.15) is 47.3 Å². The van der Waals surface area contributed by atoms with E-state index in [0.717, 1.165) is 22.2 Å². The second-order valence-electron chi connectivity index (χ2n) is 12.3. The molecule has 2 bridgehead atoms. The standard InChI is InChI=1S/C31H34N3O5/c1-3-33-8-11-34(12-9-33,13-10-33)17-19-4-6-22-24(14-19)21-7-5-20(15-25(21)29(22)36)23-16-26-27(18(2)35)30(37)32(26)28(23)31(38)39/h4-7,14-15,18,26-27,35H,3,8-13,16-17H2,1-2H3/q+1/p+1/t18-,26-,27-,33?,34?/m1/s1. The number of carboxylic acid groups (broad SMARTS) is 1. The van der Waals surface area contributed by atoms with Gasteiger partial charge in [0.2, 0.25) is 5.91 Å². The topological polar surface area (TPSA) is 94.9 Å². The van der Waals surface area contributed by atoms with Crippen molar-refractivity contribution in [2.75, 3.05) is 45.8 Å². The molecule has 39 heavy (non-hydrogen) atoms. The van der Waals surface area contributed by atoms with E-state index in [1.807, 2.05) is 18.2 Å². The molecule has 3 atom stereocenters. The van der Waals surface area contributed by atoms with Gasteiger partial charge in [0.15, 0.2) is 5.78 Å². The maximum Gasteiger partial charge on any atom is 0.352 e. The number of aliphatic carboxylic acids is 1. The molecular weight excluding hydrogens is 494 g/mol. The molecule has 5 aliphatic heterocycles. The van der Waals surface area contributed by atoms with Crippen LogP contribution in [-0.4, -0.2) is 99.7 Å². The molecule has 202 valence electrons. The van der Waals surface area contributed by atoms with Crippen LogP contribution in [0.4, 0.5) is 0 Å². The van der Waals surface area contributed by atoms with Gasteiger partial charge in [-0.3, -0.25) is 9.59 Å². The van der Waals surface area contributed by atoms with E-state index in [9.17, 15) is 24.6 Å². The maximum atomic E-state index is 13.5. The minimum Gasteiger partial charge on any atom is -0.477 e. The molecule has 2 N–H and O–H groups in total. The summed E-state index contributed by atoms with van der Waals surface area (Å²) in [6.45, 7) is 13.5. The van der Waals surface area contributed by atoms with Gasteiger partial charge in [0.25, 0.3) is 0 Å². The lowest BCUT2D eigenvalue weighted by atomic mass is 9.82. The molecule has 8 nitrogen and oxygen atoms in total. The number of nitrogens with zero attached hydrogens (tertiary/aromatic N) is 3. The van der Waals surface area contributed by atoms with Gasteiger partial charge >= 0.3 is 5.97 Å². The first-order valence-electron chi connectivity index (χ1n) is 14.2. The number of hydrogen-bond acceptors (Lipinski definition) is 4. The number of aliphatic hydroxyl groups is 1. The van der Waals surface area contributed by atoms with Crippen molar-refractivity contribution in [1.29, 1.82) is 0 Å². The van der Waals surface area contributed by atoms with Crippen LogP contribution in [0.3, 0.4) is 0 Å². The molecule has 8 heteroatoms. The highest BCUT2D eigenvalue weighted by Crippen LogP contribution is 2.48. The second-order valence-corrected chi connectivity index (χ2v) is 12.3. The minimum atomic E-state index is -1.16. The molecule has 5 heterocycles. The van der Waals surface area contributed by atoms with Crippen LogP contribution in [0.2, 0.25) is 0 Å². The summed E-state index contributed by atoms with van der Waals surface area (Å²) in [5, 5.41) is 20.0. The van der Waals surface area contributed by atoms with Gasteiger partial charge < -0.3 is 24.1 Å². The molecule has 0 radical (unpaired) electrons. The molecular formula is C31H35N3O5+2. The van der Waals surface area contributed by atoms with Crippen molar-refractivity contribution in [3.8, 4) is 11.1 Å². The van der Waals surface area contributed by atoms with E-state index in [1.54, 1.807) is 13.0 Å². The number of ketones is 1. The van der Waals surface area contributed by atoms with E-state index < -0.39 is 18.0 Å². The molecule has 2 aromatic carbocycles. The number of carboxylic acids is 1. The number of amides is 1. The molecule has 0 saturated carbocycles. The fraction of sp³-hybridized carbons (Fsp3) is 0.452. The Kier molecular flexibility index (Phi) is 5.28. The van der Waals surface area contributed by atoms with Crippen molar-refractivity contribution in [3.63, 3.8) is 0 Å². The van der Waals surface area contributed by atoms with E-state index in [1.165, 1.54) is 60.8 Å². The normalized spacial score (nSPS) is 31.2. The number of carbonyl (C=O) groups excluding carboxylic acids is 2. The fourth-order valence-corrected chi connectivity index (χ4v) is 7.98. The molecule has 6 aliphatic rings. The summed E-state index contributed by atoms with van der Waals surface area (Å²) >= 11 is 0. The average molecular weight is 530 g/mol. The van der Waals surface area contributed by atoms with Gasteiger partial charge in [-0.2, -0.15) is 0 Å². The number of β-lactam (4-membered cyclic amide) rings is 1. The quantitative estimate of drug-likeness (QED) is 0.378. The summed E-state index contributed by atoms with van der Waals surface area (Å²) in [5.74, 6) is -2.16. The second kappa shape index (κ2) is 8.34. The average Bonchev–Trinajstić information content (AvgIpc) is 3.41. The maximum absolute atomic E-state index is 13.5. The van der Waals surface area contributed by atoms with Gasteiger partial charge in [-0.1, -0.05) is 18.2 Å². The summed E-state index contributed by atoms with van der Waals surface area (Å²) in [7, 11) is 0. The van der Waals surface area contributed by atoms with Gasteiger partial charge in [0.1, 0.15) is 51.5 Å². The highest BCUT2D eigenvalue weighted by molar-refractivity contribution is 6.22. The Morgan fingerprint density at radius 3 is 2.26 bits per heavy atom. The Morgan fingerprint density at radius 2 is 1.62 bits per heavy atom. The third-order valence-electron chi connectivity index (χ3n) is 10.5. The van der Waals surface area contributed by atoms with Crippen molar-refractivity contribution in [2.24, 2.45) is 5.92 Å². The van der Waals surface area contributed by atoms with Crippen LogP contribution in [0.5, 0.6) is 0 Å². The predicted octanol–water partition coefficient (Wildman–Crippen LogP) is 2.49. The first-order valence-corrected chi connectivity index (χ1v) is 14.2. The smallest absolute Gasteiger partial charge is 0.352 e. The molecule has 4 fully saturated rings. The van der Waals surface area contributed by atoms with E-state index in [-0.39, 0.29) is 23.4 Å². The summed E-state index contributed by atoms with van der Waals surface area (Å²) in [6, 6.07) is 11.5. The van der Waals surface area contributed by atoms with Crippen molar-refractivity contribution in [1.82, 2.24) is 4.90 Å². The molecule has 8 rings (SSSR count). The molecule has 2 aromatic rings. The third kappa shape index (κ3) is 3.44. The summed E-state index contributed by atoms with van der Waals surface area (Å²) in [4.78, 5) is 39.6. The third-order valence-corrected chi connectivity index (χ3v) is 10.5. The van der Waals surface area contributed by atoms with Gasteiger partial charge in [-0.25, -0.2) is 4.79 Å². The van der Waals surface area contributed by atoms with Gasteiger partial charge in [-0.05, 0) is 60.7 Å². The van der Waals surface area contributed by atoms with Crippen LogP contribution >= 0.6 is 0 Å². The molecule has 1 aliphatic carbocycles. The molecule has 0 aromatic heterocycles. The van der Waals surface area contributed by atoms with Gasteiger partial charge in [-0.15, -0.1) is 0 Å².